The summed E-state index contributed by atoms with van der Waals surface area (Å²) in [6, 6.07) is 9.15. The van der Waals surface area contributed by atoms with Gasteiger partial charge in [-0.15, -0.1) is 0 Å². The van der Waals surface area contributed by atoms with Gasteiger partial charge in [-0.1, -0.05) is 12.1 Å². The minimum Gasteiger partial charge on any atom is -0.445 e. The Labute approximate surface area is 101 Å². The van der Waals surface area contributed by atoms with E-state index in [0.717, 1.165) is 12.0 Å². The van der Waals surface area contributed by atoms with Crippen LogP contribution in [0.2, 0.25) is 0 Å². The number of benzene rings is 1. The average molecular weight is 228 g/mol. The van der Waals surface area contributed by atoms with E-state index in [2.05, 4.69) is 34.6 Å². The van der Waals surface area contributed by atoms with Crippen molar-refractivity contribution >= 4 is 0 Å². The lowest BCUT2D eigenvalue weighted by Crippen LogP contribution is -2.23. The van der Waals surface area contributed by atoms with Gasteiger partial charge in [0.15, 0.2) is 0 Å². The Morgan fingerprint density at radius 1 is 1.29 bits per heavy atom. The highest BCUT2D eigenvalue weighted by molar-refractivity contribution is 5.53. The van der Waals surface area contributed by atoms with Gasteiger partial charge >= 0.3 is 0 Å². The minimum absolute atomic E-state index is 0.655. The average Bonchev–Trinajstić information content (AvgIpc) is 3.01. The van der Waals surface area contributed by atoms with Crippen molar-refractivity contribution in [2.75, 3.05) is 6.54 Å². The van der Waals surface area contributed by atoms with Crippen molar-refractivity contribution in [3.8, 4) is 11.5 Å². The Bertz CT molecular complexity index is 455. The van der Waals surface area contributed by atoms with Crippen LogP contribution in [0.1, 0.15) is 18.4 Å². The molecule has 2 heterocycles. The van der Waals surface area contributed by atoms with Gasteiger partial charge in [0.1, 0.15) is 6.26 Å². The van der Waals surface area contributed by atoms with Gasteiger partial charge in [0.25, 0.3) is 0 Å². The molecule has 3 rings (SSSR count). The maximum absolute atomic E-state index is 5.27. The maximum atomic E-state index is 5.27. The molecule has 0 radical (unpaired) electrons. The van der Waals surface area contributed by atoms with Crippen LogP contribution < -0.4 is 5.32 Å². The SMILES string of the molecule is c1coc(-c2ccc(CC3CCCN3)cc2)n1. The van der Waals surface area contributed by atoms with Gasteiger partial charge in [0.05, 0.1) is 6.20 Å². The minimum atomic E-state index is 0.655. The highest BCUT2D eigenvalue weighted by Gasteiger charge is 2.14. The van der Waals surface area contributed by atoms with Crippen molar-refractivity contribution in [2.45, 2.75) is 25.3 Å². The molecule has 1 unspecified atom stereocenters. The molecule has 3 heteroatoms. The van der Waals surface area contributed by atoms with E-state index < -0.39 is 0 Å². The molecule has 0 bridgehead atoms. The number of hydrogen-bond donors (Lipinski definition) is 1. The molecule has 3 nitrogen and oxygen atoms in total. The fraction of sp³-hybridized carbons (Fsp3) is 0.357. The van der Waals surface area contributed by atoms with E-state index in [4.69, 9.17) is 4.42 Å². The topological polar surface area (TPSA) is 38.1 Å². The lowest BCUT2D eigenvalue weighted by atomic mass is 10.0. The van der Waals surface area contributed by atoms with Crippen molar-refractivity contribution in [2.24, 2.45) is 0 Å². The first kappa shape index (κ1) is 10.5. The second kappa shape index (κ2) is 4.72. The quantitative estimate of drug-likeness (QED) is 0.877. The van der Waals surface area contributed by atoms with E-state index in [-0.39, 0.29) is 0 Å². The normalized spacial score (nSPS) is 19.6. The molecule has 0 aliphatic carbocycles. The molecule has 1 N–H and O–H groups in total. The van der Waals surface area contributed by atoms with Crippen molar-refractivity contribution in [3.05, 3.63) is 42.3 Å². The maximum Gasteiger partial charge on any atom is 0.225 e. The number of aromatic nitrogens is 1. The van der Waals surface area contributed by atoms with Gasteiger partial charge in [-0.25, -0.2) is 4.98 Å². The number of nitrogens with zero attached hydrogens (tertiary/aromatic N) is 1. The van der Waals surface area contributed by atoms with Gasteiger partial charge in [-0.05, 0) is 43.5 Å². The summed E-state index contributed by atoms with van der Waals surface area (Å²) in [4.78, 5) is 4.14. The predicted molar refractivity (Wildman–Crippen MR) is 66.7 cm³/mol. The highest BCUT2D eigenvalue weighted by atomic mass is 16.3. The standard InChI is InChI=1S/C14H16N2O/c1-2-13(15-7-1)10-11-3-5-12(6-4-11)14-16-8-9-17-14/h3-6,8-9,13,15H,1-2,7,10H2. The Hall–Kier alpha value is -1.61. The fourth-order valence-corrected chi connectivity index (χ4v) is 2.36. The summed E-state index contributed by atoms with van der Waals surface area (Å²) >= 11 is 0. The lowest BCUT2D eigenvalue weighted by Gasteiger charge is -2.09. The molecule has 1 aliphatic heterocycles. The van der Waals surface area contributed by atoms with E-state index in [1.807, 2.05) is 0 Å². The molecule has 2 aromatic rings. The van der Waals surface area contributed by atoms with Crippen LogP contribution in [0.3, 0.4) is 0 Å². The van der Waals surface area contributed by atoms with Crippen LogP contribution in [-0.2, 0) is 6.42 Å². The van der Waals surface area contributed by atoms with Gasteiger partial charge < -0.3 is 9.73 Å². The molecule has 0 spiro atoms. The number of nitrogens with one attached hydrogen (secondary N) is 1. The van der Waals surface area contributed by atoms with E-state index in [9.17, 15) is 0 Å². The monoisotopic (exact) mass is 228 g/mol. The molecular weight excluding hydrogens is 212 g/mol. The van der Waals surface area contributed by atoms with E-state index in [0.29, 0.717) is 11.9 Å². The van der Waals surface area contributed by atoms with Crippen molar-refractivity contribution in [3.63, 3.8) is 0 Å². The smallest absolute Gasteiger partial charge is 0.225 e. The fourth-order valence-electron chi connectivity index (χ4n) is 2.36. The summed E-state index contributed by atoms with van der Waals surface area (Å²) in [5, 5.41) is 3.52. The Kier molecular flexibility index (Phi) is 2.92. The summed E-state index contributed by atoms with van der Waals surface area (Å²) in [5.41, 5.74) is 2.41. The molecular formula is C14H16N2O. The summed E-state index contributed by atoms with van der Waals surface area (Å²) in [6.45, 7) is 1.17. The zero-order valence-corrected chi connectivity index (χ0v) is 9.73. The summed E-state index contributed by atoms with van der Waals surface area (Å²) < 4.78 is 5.27. The number of rotatable bonds is 3. The van der Waals surface area contributed by atoms with Crippen LogP contribution in [0.5, 0.6) is 0 Å². The first-order valence-corrected chi connectivity index (χ1v) is 6.14. The molecule has 88 valence electrons. The molecule has 1 saturated heterocycles. The van der Waals surface area contributed by atoms with Gasteiger partial charge in [-0.3, -0.25) is 0 Å². The molecule has 0 saturated carbocycles. The molecule has 1 aromatic heterocycles. The summed E-state index contributed by atoms with van der Waals surface area (Å²) in [7, 11) is 0. The molecule has 17 heavy (non-hydrogen) atoms. The lowest BCUT2D eigenvalue weighted by molar-refractivity contribution is 0.574. The van der Waals surface area contributed by atoms with E-state index in [1.165, 1.54) is 24.9 Å². The molecule has 1 aromatic carbocycles. The Morgan fingerprint density at radius 2 is 2.18 bits per heavy atom. The molecule has 1 aliphatic rings. The van der Waals surface area contributed by atoms with Crippen molar-refractivity contribution < 1.29 is 4.42 Å². The number of hydrogen-bond acceptors (Lipinski definition) is 3. The van der Waals surface area contributed by atoms with Crippen molar-refractivity contribution in [1.29, 1.82) is 0 Å². The Balaban J connectivity index is 1.71. The third-order valence-electron chi connectivity index (χ3n) is 3.28. The van der Waals surface area contributed by atoms with E-state index in [1.54, 1.807) is 12.5 Å². The first-order chi connectivity index (χ1) is 8.42. The Morgan fingerprint density at radius 3 is 2.82 bits per heavy atom. The zero-order valence-electron chi connectivity index (χ0n) is 9.73. The van der Waals surface area contributed by atoms with Crippen LogP contribution in [-0.4, -0.2) is 17.6 Å². The van der Waals surface area contributed by atoms with E-state index >= 15 is 0 Å². The second-order valence-electron chi connectivity index (χ2n) is 4.53. The van der Waals surface area contributed by atoms with Crippen LogP contribution in [0.4, 0.5) is 0 Å². The third-order valence-corrected chi connectivity index (χ3v) is 3.28. The number of oxazole rings is 1. The van der Waals surface area contributed by atoms with Gasteiger partial charge in [0.2, 0.25) is 5.89 Å². The van der Waals surface area contributed by atoms with Crippen LogP contribution >= 0.6 is 0 Å². The molecule has 1 atom stereocenters. The molecule has 0 amide bonds. The largest absolute Gasteiger partial charge is 0.445 e. The summed E-state index contributed by atoms with van der Waals surface area (Å²) in [6.07, 6.45) is 6.99. The van der Waals surface area contributed by atoms with Gasteiger partial charge in [0, 0.05) is 11.6 Å². The third kappa shape index (κ3) is 2.39. The van der Waals surface area contributed by atoms with Crippen LogP contribution in [0, 0.1) is 0 Å². The van der Waals surface area contributed by atoms with Gasteiger partial charge in [-0.2, -0.15) is 0 Å². The second-order valence-corrected chi connectivity index (χ2v) is 4.53. The van der Waals surface area contributed by atoms with Crippen LogP contribution in [0.25, 0.3) is 11.5 Å². The predicted octanol–water partition coefficient (Wildman–Crippen LogP) is 2.64. The first-order valence-electron chi connectivity index (χ1n) is 6.14. The molecule has 1 fully saturated rings. The summed E-state index contributed by atoms with van der Waals surface area (Å²) in [5.74, 6) is 0.690. The highest BCUT2D eigenvalue weighted by Crippen LogP contribution is 2.19. The zero-order chi connectivity index (χ0) is 11.5. The van der Waals surface area contributed by atoms with Crippen molar-refractivity contribution in [1.82, 2.24) is 10.3 Å². The van der Waals surface area contributed by atoms with Crippen LogP contribution in [0.15, 0.2) is 41.1 Å².